The largest absolute Gasteiger partial charge is 0.476 e. The van der Waals surface area contributed by atoms with E-state index in [1.807, 2.05) is 18.5 Å². The standard InChI is InChI=1S/C12H10ClN3OS/c1-8-10(18-7-16-8)3-5-17-12-11(13)9(6-14)2-4-15-12/h2,4,7H,3,5H2,1H3. The van der Waals surface area contributed by atoms with Crippen LogP contribution in [0.15, 0.2) is 17.8 Å². The van der Waals surface area contributed by atoms with E-state index in [1.54, 1.807) is 17.4 Å². The first-order valence-electron chi connectivity index (χ1n) is 5.28. The Kier molecular flexibility index (Phi) is 4.13. The molecule has 18 heavy (non-hydrogen) atoms. The summed E-state index contributed by atoms with van der Waals surface area (Å²) in [6, 6.07) is 3.55. The second kappa shape index (κ2) is 5.80. The van der Waals surface area contributed by atoms with E-state index in [2.05, 4.69) is 9.97 Å². The lowest BCUT2D eigenvalue weighted by Gasteiger charge is -2.06. The molecule has 6 heteroatoms. The normalized spacial score (nSPS) is 10.1. The SMILES string of the molecule is Cc1ncsc1CCOc1nccc(C#N)c1Cl. The smallest absolute Gasteiger partial charge is 0.233 e. The van der Waals surface area contributed by atoms with Gasteiger partial charge < -0.3 is 4.74 Å². The van der Waals surface area contributed by atoms with E-state index in [1.165, 1.54) is 11.1 Å². The zero-order chi connectivity index (χ0) is 13.0. The van der Waals surface area contributed by atoms with Crippen molar-refractivity contribution in [1.29, 1.82) is 5.26 Å². The number of ether oxygens (including phenoxy) is 1. The van der Waals surface area contributed by atoms with Crippen LogP contribution in [-0.2, 0) is 6.42 Å². The van der Waals surface area contributed by atoms with Gasteiger partial charge in [0.1, 0.15) is 11.1 Å². The van der Waals surface area contributed by atoms with Crippen LogP contribution in [0.3, 0.4) is 0 Å². The summed E-state index contributed by atoms with van der Waals surface area (Å²) in [5, 5.41) is 9.10. The van der Waals surface area contributed by atoms with Crippen LogP contribution >= 0.6 is 22.9 Å². The van der Waals surface area contributed by atoms with Gasteiger partial charge in [0.25, 0.3) is 0 Å². The van der Waals surface area contributed by atoms with Crippen molar-refractivity contribution in [2.45, 2.75) is 13.3 Å². The quantitative estimate of drug-likeness (QED) is 0.863. The van der Waals surface area contributed by atoms with Crippen LogP contribution in [0.25, 0.3) is 0 Å². The van der Waals surface area contributed by atoms with E-state index in [9.17, 15) is 0 Å². The molecule has 2 aromatic rings. The molecule has 0 aliphatic heterocycles. The summed E-state index contributed by atoms with van der Waals surface area (Å²) in [7, 11) is 0. The number of nitriles is 1. The lowest BCUT2D eigenvalue weighted by atomic mass is 10.3. The Hall–Kier alpha value is -1.64. The Balaban J connectivity index is 1.99. The minimum atomic E-state index is 0.265. The zero-order valence-electron chi connectivity index (χ0n) is 9.68. The van der Waals surface area contributed by atoms with Gasteiger partial charge in [-0.25, -0.2) is 9.97 Å². The van der Waals surface area contributed by atoms with E-state index in [4.69, 9.17) is 21.6 Å². The molecule has 0 aromatic carbocycles. The van der Waals surface area contributed by atoms with Crippen LogP contribution in [0, 0.1) is 18.3 Å². The van der Waals surface area contributed by atoms with Gasteiger partial charge in [-0.15, -0.1) is 11.3 Å². The molecule has 2 aromatic heterocycles. The first-order valence-corrected chi connectivity index (χ1v) is 6.54. The van der Waals surface area contributed by atoms with Crippen molar-refractivity contribution in [3.8, 4) is 11.9 Å². The summed E-state index contributed by atoms with van der Waals surface area (Å²) in [6.45, 7) is 2.43. The van der Waals surface area contributed by atoms with Crippen LogP contribution < -0.4 is 4.74 Å². The molecule has 0 saturated carbocycles. The summed E-state index contributed by atoms with van der Waals surface area (Å²) in [4.78, 5) is 9.36. The molecule has 0 aliphatic carbocycles. The van der Waals surface area contributed by atoms with Gasteiger partial charge in [-0.3, -0.25) is 0 Å². The highest BCUT2D eigenvalue weighted by Crippen LogP contribution is 2.25. The molecule has 92 valence electrons. The third-order valence-corrected chi connectivity index (χ3v) is 3.75. The monoisotopic (exact) mass is 279 g/mol. The van der Waals surface area contributed by atoms with Crippen LogP contribution in [-0.4, -0.2) is 16.6 Å². The molecular weight excluding hydrogens is 270 g/mol. The minimum Gasteiger partial charge on any atom is -0.476 e. The molecular formula is C12H10ClN3OS. The number of pyridine rings is 1. The first kappa shape index (κ1) is 12.8. The van der Waals surface area contributed by atoms with Gasteiger partial charge in [0.15, 0.2) is 0 Å². The molecule has 0 N–H and O–H groups in total. The Bertz CT molecular complexity index is 591. The van der Waals surface area contributed by atoms with Crippen molar-refractivity contribution in [2.75, 3.05) is 6.61 Å². The van der Waals surface area contributed by atoms with E-state index < -0.39 is 0 Å². The summed E-state index contributed by atoms with van der Waals surface area (Å²) in [5.41, 5.74) is 3.20. The topological polar surface area (TPSA) is 58.8 Å². The molecule has 0 unspecified atom stereocenters. The van der Waals surface area contributed by atoms with Crippen LogP contribution in [0.5, 0.6) is 5.88 Å². The Morgan fingerprint density at radius 1 is 1.50 bits per heavy atom. The molecule has 0 radical (unpaired) electrons. The van der Waals surface area contributed by atoms with Crippen molar-refractivity contribution in [1.82, 2.24) is 9.97 Å². The molecule has 0 fully saturated rings. The lowest BCUT2D eigenvalue weighted by Crippen LogP contribution is -2.03. The van der Waals surface area contributed by atoms with Gasteiger partial charge in [0.2, 0.25) is 5.88 Å². The third kappa shape index (κ3) is 2.78. The fourth-order valence-electron chi connectivity index (χ4n) is 1.42. The number of aromatic nitrogens is 2. The molecule has 0 saturated heterocycles. The van der Waals surface area contributed by atoms with E-state index >= 15 is 0 Å². The van der Waals surface area contributed by atoms with Crippen molar-refractivity contribution in [3.63, 3.8) is 0 Å². The number of hydrogen-bond donors (Lipinski definition) is 0. The number of aryl methyl sites for hydroxylation is 1. The van der Waals surface area contributed by atoms with Gasteiger partial charge in [-0.2, -0.15) is 5.26 Å². The summed E-state index contributed by atoms with van der Waals surface area (Å²) in [6.07, 6.45) is 2.27. The van der Waals surface area contributed by atoms with Crippen LogP contribution in [0.2, 0.25) is 5.02 Å². The molecule has 0 bridgehead atoms. The summed E-state index contributed by atoms with van der Waals surface area (Å²) >= 11 is 7.58. The van der Waals surface area contributed by atoms with Gasteiger partial charge in [0, 0.05) is 17.5 Å². The van der Waals surface area contributed by atoms with Gasteiger partial charge in [0.05, 0.1) is 23.4 Å². The van der Waals surface area contributed by atoms with E-state index in [-0.39, 0.29) is 5.02 Å². The Morgan fingerprint density at radius 3 is 3.00 bits per heavy atom. The predicted octanol–water partition coefficient (Wildman–Crippen LogP) is 2.99. The fourth-order valence-corrected chi connectivity index (χ4v) is 2.39. The van der Waals surface area contributed by atoms with Gasteiger partial charge in [-0.1, -0.05) is 11.6 Å². The number of hydrogen-bond acceptors (Lipinski definition) is 5. The third-order valence-electron chi connectivity index (χ3n) is 2.39. The second-order valence-corrected chi connectivity index (χ2v) is 4.87. The van der Waals surface area contributed by atoms with Crippen LogP contribution in [0.1, 0.15) is 16.1 Å². The molecule has 0 amide bonds. The lowest BCUT2D eigenvalue weighted by molar-refractivity contribution is 0.310. The molecule has 0 aliphatic rings. The van der Waals surface area contributed by atoms with Crippen molar-refractivity contribution in [2.24, 2.45) is 0 Å². The maximum absolute atomic E-state index is 8.83. The summed E-state index contributed by atoms with van der Waals surface area (Å²) in [5.74, 6) is 0.304. The van der Waals surface area contributed by atoms with Gasteiger partial charge >= 0.3 is 0 Å². The molecule has 0 atom stereocenters. The number of nitrogens with zero attached hydrogens (tertiary/aromatic N) is 3. The highest BCUT2D eigenvalue weighted by molar-refractivity contribution is 7.09. The van der Waals surface area contributed by atoms with E-state index in [0.717, 1.165) is 12.1 Å². The highest BCUT2D eigenvalue weighted by atomic mass is 35.5. The average molecular weight is 280 g/mol. The van der Waals surface area contributed by atoms with Crippen LogP contribution in [0.4, 0.5) is 0 Å². The minimum absolute atomic E-state index is 0.265. The molecule has 4 nitrogen and oxygen atoms in total. The number of thiazole rings is 1. The maximum Gasteiger partial charge on any atom is 0.233 e. The summed E-state index contributed by atoms with van der Waals surface area (Å²) < 4.78 is 5.49. The van der Waals surface area contributed by atoms with Crippen molar-refractivity contribution < 1.29 is 4.74 Å². The first-order chi connectivity index (χ1) is 8.72. The number of rotatable bonds is 4. The van der Waals surface area contributed by atoms with Crippen molar-refractivity contribution >= 4 is 22.9 Å². The number of halogens is 1. The fraction of sp³-hybridized carbons (Fsp3) is 0.250. The van der Waals surface area contributed by atoms with E-state index in [0.29, 0.717) is 18.1 Å². The average Bonchev–Trinajstić information content (AvgIpc) is 2.77. The van der Waals surface area contributed by atoms with Crippen molar-refractivity contribution in [3.05, 3.63) is 38.9 Å². The Labute approximate surface area is 114 Å². The van der Waals surface area contributed by atoms with Gasteiger partial charge in [-0.05, 0) is 13.0 Å². The molecule has 2 rings (SSSR count). The predicted molar refractivity (Wildman–Crippen MR) is 70.0 cm³/mol. The maximum atomic E-state index is 8.83. The zero-order valence-corrected chi connectivity index (χ0v) is 11.3. The molecule has 0 spiro atoms. The Morgan fingerprint density at radius 2 is 2.33 bits per heavy atom. The molecule has 2 heterocycles. The second-order valence-electron chi connectivity index (χ2n) is 3.55. The highest BCUT2D eigenvalue weighted by Gasteiger charge is 2.09.